The average Bonchev–Trinajstić information content (AvgIpc) is 2.53. The van der Waals surface area contributed by atoms with Crippen molar-refractivity contribution in [3.05, 3.63) is 65.7 Å². The highest BCUT2D eigenvalue weighted by atomic mass is 32.2. The van der Waals surface area contributed by atoms with Gasteiger partial charge in [-0.2, -0.15) is 0 Å². The molecule has 25 heavy (non-hydrogen) atoms. The van der Waals surface area contributed by atoms with Gasteiger partial charge in [-0.15, -0.1) is 0 Å². The first-order chi connectivity index (χ1) is 11.6. The van der Waals surface area contributed by atoms with Crippen LogP contribution in [-0.2, 0) is 14.6 Å². The Morgan fingerprint density at radius 3 is 2.08 bits per heavy atom. The van der Waals surface area contributed by atoms with Crippen LogP contribution in [0.5, 0.6) is 0 Å². The van der Waals surface area contributed by atoms with Gasteiger partial charge in [0.15, 0.2) is 5.37 Å². The lowest BCUT2D eigenvalue weighted by Gasteiger charge is -2.24. The van der Waals surface area contributed by atoms with Crippen LogP contribution < -0.4 is 5.32 Å². The zero-order chi connectivity index (χ0) is 18.7. The molecule has 0 saturated heterocycles. The Hall–Kier alpha value is -2.34. The summed E-state index contributed by atoms with van der Waals surface area (Å²) in [4.78, 5) is 12.3. The molecule has 1 N–H and O–H groups in total. The van der Waals surface area contributed by atoms with E-state index in [9.17, 15) is 13.2 Å². The lowest BCUT2D eigenvalue weighted by Crippen LogP contribution is -2.38. The second-order valence-corrected chi connectivity index (χ2v) is 8.83. The van der Waals surface area contributed by atoms with Crippen molar-refractivity contribution in [1.82, 2.24) is 5.32 Å². The van der Waals surface area contributed by atoms with Crippen LogP contribution in [0.15, 0.2) is 59.5 Å². The minimum atomic E-state index is -3.83. The van der Waals surface area contributed by atoms with E-state index >= 15 is 0 Å². The molecule has 0 aromatic heterocycles. The molecule has 0 bridgehead atoms. The quantitative estimate of drug-likeness (QED) is 0.894. The fourth-order valence-electron chi connectivity index (χ4n) is 2.24. The predicted octanol–water partition coefficient (Wildman–Crippen LogP) is 3.99. The Morgan fingerprint density at radius 1 is 1.00 bits per heavy atom. The molecule has 2 aromatic carbocycles. The number of aryl methyl sites for hydroxylation is 1. The van der Waals surface area contributed by atoms with Crippen LogP contribution in [-0.4, -0.2) is 20.1 Å². The van der Waals surface area contributed by atoms with Crippen molar-refractivity contribution in [2.24, 2.45) is 0 Å². The number of alkyl carbamates (subject to hydrolysis) is 1. The molecule has 6 heteroatoms. The normalized spacial score (nSPS) is 13.1. The Kier molecular flexibility index (Phi) is 5.52. The van der Waals surface area contributed by atoms with Crippen LogP contribution in [0, 0.1) is 6.92 Å². The van der Waals surface area contributed by atoms with Gasteiger partial charge < -0.3 is 10.1 Å². The highest BCUT2D eigenvalue weighted by Crippen LogP contribution is 2.27. The van der Waals surface area contributed by atoms with E-state index in [1.54, 1.807) is 63.2 Å². The zero-order valence-corrected chi connectivity index (χ0v) is 15.6. The lowest BCUT2D eigenvalue weighted by atomic mass is 10.1. The summed E-state index contributed by atoms with van der Waals surface area (Å²) in [6.07, 6.45) is -0.780. The molecule has 2 rings (SSSR count). The number of benzene rings is 2. The Labute approximate surface area is 148 Å². The third-order valence-electron chi connectivity index (χ3n) is 3.41. The van der Waals surface area contributed by atoms with Crippen molar-refractivity contribution >= 4 is 15.9 Å². The number of carbonyl (C=O) groups excluding carboxylic acids is 1. The second-order valence-electron chi connectivity index (χ2n) is 6.80. The van der Waals surface area contributed by atoms with Crippen molar-refractivity contribution < 1.29 is 17.9 Å². The van der Waals surface area contributed by atoms with Crippen molar-refractivity contribution in [2.45, 2.75) is 43.6 Å². The van der Waals surface area contributed by atoms with E-state index in [2.05, 4.69) is 5.32 Å². The van der Waals surface area contributed by atoms with Gasteiger partial charge >= 0.3 is 6.09 Å². The highest BCUT2D eigenvalue weighted by molar-refractivity contribution is 7.91. The van der Waals surface area contributed by atoms with Crippen LogP contribution in [0.2, 0.25) is 0 Å². The van der Waals surface area contributed by atoms with Crippen molar-refractivity contribution in [2.75, 3.05) is 0 Å². The molecule has 5 nitrogen and oxygen atoms in total. The SMILES string of the molecule is Cc1ccc(C(NC(=O)OC(C)(C)C)S(=O)(=O)c2ccccc2)cc1. The topological polar surface area (TPSA) is 72.5 Å². The highest BCUT2D eigenvalue weighted by Gasteiger charge is 2.32. The van der Waals surface area contributed by atoms with E-state index < -0.39 is 26.9 Å². The number of ether oxygens (including phenoxy) is 1. The van der Waals surface area contributed by atoms with Gasteiger partial charge in [-0.1, -0.05) is 48.0 Å². The van der Waals surface area contributed by atoms with Crippen LogP contribution in [0.3, 0.4) is 0 Å². The largest absolute Gasteiger partial charge is 0.444 e. The Bertz CT molecular complexity index is 822. The molecule has 0 aliphatic rings. The molecule has 1 amide bonds. The summed E-state index contributed by atoms with van der Waals surface area (Å²) in [7, 11) is -3.83. The van der Waals surface area contributed by atoms with Crippen LogP contribution in [0.25, 0.3) is 0 Å². The first kappa shape index (κ1) is 19.0. The van der Waals surface area contributed by atoms with Crippen LogP contribution in [0.4, 0.5) is 4.79 Å². The first-order valence-electron chi connectivity index (χ1n) is 7.94. The van der Waals surface area contributed by atoms with Gasteiger partial charge in [0, 0.05) is 0 Å². The maximum absolute atomic E-state index is 13.0. The van der Waals surface area contributed by atoms with E-state index in [0.29, 0.717) is 5.56 Å². The van der Waals surface area contributed by atoms with Crippen molar-refractivity contribution in [3.63, 3.8) is 0 Å². The summed E-state index contributed by atoms with van der Waals surface area (Å²) in [6, 6.07) is 15.0. The van der Waals surface area contributed by atoms with E-state index in [1.165, 1.54) is 12.1 Å². The van der Waals surface area contributed by atoms with Crippen molar-refractivity contribution in [1.29, 1.82) is 0 Å². The molecule has 1 atom stereocenters. The Morgan fingerprint density at radius 2 is 1.56 bits per heavy atom. The van der Waals surface area contributed by atoms with Gasteiger partial charge in [-0.05, 0) is 45.4 Å². The molecule has 0 saturated carbocycles. The minimum Gasteiger partial charge on any atom is -0.444 e. The molecule has 0 aliphatic heterocycles. The monoisotopic (exact) mass is 361 g/mol. The third kappa shape index (κ3) is 5.06. The van der Waals surface area contributed by atoms with Gasteiger partial charge in [0.05, 0.1) is 4.90 Å². The smallest absolute Gasteiger partial charge is 0.408 e. The molecule has 0 fully saturated rings. The third-order valence-corrected chi connectivity index (χ3v) is 5.35. The van der Waals surface area contributed by atoms with E-state index in [4.69, 9.17) is 4.74 Å². The van der Waals surface area contributed by atoms with Crippen LogP contribution in [0.1, 0.15) is 37.3 Å². The van der Waals surface area contributed by atoms with E-state index in [1.807, 2.05) is 6.92 Å². The molecule has 2 aromatic rings. The van der Waals surface area contributed by atoms with E-state index in [-0.39, 0.29) is 4.90 Å². The minimum absolute atomic E-state index is 0.136. The summed E-state index contributed by atoms with van der Waals surface area (Å²) in [5, 5.41) is 1.27. The number of carbonyl (C=O) groups is 1. The summed E-state index contributed by atoms with van der Waals surface area (Å²) in [6.45, 7) is 7.07. The molecule has 0 radical (unpaired) electrons. The van der Waals surface area contributed by atoms with Crippen LogP contribution >= 0.6 is 0 Å². The molecule has 0 spiro atoms. The first-order valence-corrected chi connectivity index (χ1v) is 9.49. The zero-order valence-electron chi connectivity index (χ0n) is 14.8. The summed E-state index contributed by atoms with van der Waals surface area (Å²) in [5.41, 5.74) is 0.746. The maximum Gasteiger partial charge on any atom is 0.408 e. The second kappa shape index (κ2) is 7.27. The predicted molar refractivity (Wildman–Crippen MR) is 96.9 cm³/mol. The standard InChI is InChI=1S/C19H23NO4S/c1-14-10-12-15(13-11-14)17(20-18(21)24-19(2,3)4)25(22,23)16-8-6-5-7-9-16/h5-13,17H,1-4H3,(H,20,21). The number of rotatable bonds is 4. The fraction of sp³-hybridized carbons (Fsp3) is 0.316. The maximum atomic E-state index is 13.0. The fourth-order valence-corrected chi connectivity index (χ4v) is 3.82. The molecule has 0 aliphatic carbocycles. The molecule has 0 heterocycles. The van der Waals surface area contributed by atoms with Gasteiger partial charge in [-0.3, -0.25) is 0 Å². The van der Waals surface area contributed by atoms with Gasteiger partial charge in [-0.25, -0.2) is 13.2 Å². The molecule has 1 unspecified atom stereocenters. The number of amides is 1. The summed E-state index contributed by atoms with van der Waals surface area (Å²) in [5.74, 6) is 0. The summed E-state index contributed by atoms with van der Waals surface area (Å²) < 4.78 is 31.3. The average molecular weight is 361 g/mol. The van der Waals surface area contributed by atoms with Gasteiger partial charge in [0.1, 0.15) is 5.60 Å². The van der Waals surface area contributed by atoms with Crippen molar-refractivity contribution in [3.8, 4) is 0 Å². The lowest BCUT2D eigenvalue weighted by molar-refractivity contribution is 0.0519. The number of hydrogen-bond donors (Lipinski definition) is 1. The molecule has 134 valence electrons. The molecular formula is C19H23NO4S. The number of hydrogen-bond acceptors (Lipinski definition) is 4. The molecular weight excluding hydrogens is 338 g/mol. The van der Waals surface area contributed by atoms with Gasteiger partial charge in [0.25, 0.3) is 0 Å². The number of sulfone groups is 1. The van der Waals surface area contributed by atoms with Gasteiger partial charge in [0.2, 0.25) is 9.84 Å². The van der Waals surface area contributed by atoms with E-state index in [0.717, 1.165) is 5.56 Å². The summed E-state index contributed by atoms with van der Waals surface area (Å²) >= 11 is 0. The number of nitrogens with one attached hydrogen (secondary N) is 1. The Balaban J connectivity index is 2.42.